The number of hydrogen-bond donors (Lipinski definition) is 0. The highest BCUT2D eigenvalue weighted by Gasteiger charge is 2.16. The fourth-order valence-corrected chi connectivity index (χ4v) is 8.06. The van der Waals surface area contributed by atoms with Crippen LogP contribution in [0.2, 0.25) is 0 Å². The largest absolute Gasteiger partial charge is 0.317 e. The van der Waals surface area contributed by atoms with Crippen LogP contribution in [0.4, 0.5) is 0 Å². The van der Waals surface area contributed by atoms with Crippen molar-refractivity contribution in [2.24, 2.45) is 0 Å². The molecule has 0 bridgehead atoms. The summed E-state index contributed by atoms with van der Waals surface area (Å²) in [6.45, 7) is 0. The predicted octanol–water partition coefficient (Wildman–Crippen LogP) is 12.7. The topological polar surface area (TPSA) is 48.5 Å². The fourth-order valence-electron chi connectivity index (χ4n) is 8.06. The molecule has 0 aliphatic heterocycles. The van der Waals surface area contributed by atoms with E-state index in [9.17, 15) is 0 Å². The molecular formula is C51H33N5. The van der Waals surface area contributed by atoms with Crippen molar-refractivity contribution >= 4 is 43.5 Å². The summed E-state index contributed by atoms with van der Waals surface area (Å²) in [6.07, 6.45) is 2.18. The Balaban J connectivity index is 0.957. The standard InChI is InChI=1S/C51H33N5/c1-4-12-36(13-5-1)49-52-50(37-14-6-2-7-15-37)54-51(53-49)38-22-20-34(21-23-38)35-24-27-41(28-25-35)56-47-19-11-10-18-42(47)45-33-44-39(32-48(45)56)26-29-46-43(44)30-31-55(46)40-16-8-3-9-17-40/h1-33H. The molecule has 0 saturated carbocycles. The molecule has 0 fully saturated rings. The zero-order chi connectivity index (χ0) is 37.0. The van der Waals surface area contributed by atoms with Crippen LogP contribution in [-0.2, 0) is 0 Å². The molecule has 0 unspecified atom stereocenters. The summed E-state index contributed by atoms with van der Waals surface area (Å²) >= 11 is 0. The van der Waals surface area contributed by atoms with Gasteiger partial charge in [-0.15, -0.1) is 0 Å². The van der Waals surface area contributed by atoms with Gasteiger partial charge in [0.15, 0.2) is 17.5 Å². The van der Waals surface area contributed by atoms with E-state index >= 15 is 0 Å². The SMILES string of the molecule is c1ccc(-c2nc(-c3ccccc3)nc(-c3ccc(-c4ccc(-n5c6ccccc6c6cc7c(ccc8c7ccn8-c7ccccc7)cc65)cc4)cc3)n2)cc1. The van der Waals surface area contributed by atoms with Gasteiger partial charge in [0.2, 0.25) is 0 Å². The van der Waals surface area contributed by atoms with Crippen LogP contribution in [0, 0.1) is 0 Å². The molecule has 0 aliphatic carbocycles. The Hall–Kier alpha value is -7.63. The molecule has 11 rings (SSSR count). The second-order valence-corrected chi connectivity index (χ2v) is 14.1. The Labute approximate surface area is 323 Å². The maximum Gasteiger partial charge on any atom is 0.164 e. The number of aromatic nitrogens is 5. The van der Waals surface area contributed by atoms with Crippen molar-refractivity contribution in [3.63, 3.8) is 0 Å². The van der Waals surface area contributed by atoms with Gasteiger partial charge >= 0.3 is 0 Å². The average Bonchev–Trinajstić information content (AvgIpc) is 3.86. The number of hydrogen-bond acceptors (Lipinski definition) is 3. The average molecular weight is 716 g/mol. The quantitative estimate of drug-likeness (QED) is 0.172. The van der Waals surface area contributed by atoms with E-state index in [1.807, 2.05) is 60.7 Å². The third-order valence-electron chi connectivity index (χ3n) is 10.8. The maximum absolute atomic E-state index is 4.91. The summed E-state index contributed by atoms with van der Waals surface area (Å²) in [5, 5.41) is 6.23. The molecule has 0 N–H and O–H groups in total. The van der Waals surface area contributed by atoms with Gasteiger partial charge in [-0.25, -0.2) is 15.0 Å². The van der Waals surface area contributed by atoms with Gasteiger partial charge in [0.1, 0.15) is 0 Å². The van der Waals surface area contributed by atoms with E-state index in [2.05, 4.69) is 149 Å². The van der Waals surface area contributed by atoms with Crippen LogP contribution in [0.3, 0.4) is 0 Å². The summed E-state index contributed by atoms with van der Waals surface area (Å²) in [7, 11) is 0. The van der Waals surface area contributed by atoms with Crippen LogP contribution in [0.5, 0.6) is 0 Å². The lowest BCUT2D eigenvalue weighted by atomic mass is 10.0. The molecule has 0 spiro atoms. The third-order valence-corrected chi connectivity index (χ3v) is 10.8. The molecule has 11 aromatic rings. The first-order valence-corrected chi connectivity index (χ1v) is 18.9. The van der Waals surface area contributed by atoms with Gasteiger partial charge in [-0.2, -0.15) is 0 Å². The minimum absolute atomic E-state index is 0.646. The first-order valence-electron chi connectivity index (χ1n) is 18.9. The minimum Gasteiger partial charge on any atom is -0.317 e. The Morgan fingerprint density at radius 2 is 0.821 bits per heavy atom. The van der Waals surface area contributed by atoms with Crippen LogP contribution in [-0.4, -0.2) is 24.1 Å². The highest BCUT2D eigenvalue weighted by Crippen LogP contribution is 2.38. The number of benzene rings is 8. The Morgan fingerprint density at radius 1 is 0.304 bits per heavy atom. The lowest BCUT2D eigenvalue weighted by Crippen LogP contribution is -2.00. The third kappa shape index (κ3) is 5.37. The monoisotopic (exact) mass is 715 g/mol. The first kappa shape index (κ1) is 31.9. The van der Waals surface area contributed by atoms with Gasteiger partial charge in [-0.1, -0.05) is 140 Å². The van der Waals surface area contributed by atoms with E-state index in [1.54, 1.807) is 0 Å². The zero-order valence-electron chi connectivity index (χ0n) is 30.3. The van der Waals surface area contributed by atoms with Crippen molar-refractivity contribution < 1.29 is 0 Å². The molecule has 56 heavy (non-hydrogen) atoms. The highest BCUT2D eigenvalue weighted by molar-refractivity contribution is 6.18. The molecule has 5 heteroatoms. The van der Waals surface area contributed by atoms with Crippen molar-refractivity contribution in [2.75, 3.05) is 0 Å². The van der Waals surface area contributed by atoms with Crippen LogP contribution in [0.25, 0.3) is 100 Å². The number of rotatable bonds is 6. The smallest absolute Gasteiger partial charge is 0.164 e. The van der Waals surface area contributed by atoms with Crippen molar-refractivity contribution in [1.29, 1.82) is 0 Å². The lowest BCUT2D eigenvalue weighted by molar-refractivity contribution is 1.07. The number of fused-ring (bicyclic) bond motifs is 6. The van der Waals surface area contributed by atoms with Gasteiger partial charge in [-0.3, -0.25) is 0 Å². The Kier molecular flexibility index (Phi) is 7.42. The molecule has 5 nitrogen and oxygen atoms in total. The second-order valence-electron chi connectivity index (χ2n) is 14.1. The van der Waals surface area contributed by atoms with Crippen LogP contribution in [0.15, 0.2) is 200 Å². The van der Waals surface area contributed by atoms with E-state index in [0.29, 0.717) is 17.5 Å². The van der Waals surface area contributed by atoms with E-state index in [4.69, 9.17) is 15.0 Å². The normalized spacial score (nSPS) is 11.6. The minimum atomic E-state index is 0.646. The zero-order valence-corrected chi connectivity index (χ0v) is 30.3. The van der Waals surface area contributed by atoms with Crippen molar-refractivity contribution in [1.82, 2.24) is 24.1 Å². The van der Waals surface area contributed by atoms with E-state index < -0.39 is 0 Å². The van der Waals surface area contributed by atoms with Gasteiger partial charge in [0, 0.05) is 50.4 Å². The fraction of sp³-hybridized carbons (Fsp3) is 0. The molecule has 0 radical (unpaired) electrons. The van der Waals surface area contributed by atoms with Crippen molar-refractivity contribution in [3.8, 4) is 56.7 Å². The van der Waals surface area contributed by atoms with Gasteiger partial charge in [-0.05, 0) is 76.5 Å². The summed E-state index contributed by atoms with van der Waals surface area (Å²) in [5.74, 6) is 1.96. The van der Waals surface area contributed by atoms with Crippen LogP contribution < -0.4 is 0 Å². The van der Waals surface area contributed by atoms with Crippen LogP contribution >= 0.6 is 0 Å². The molecule has 262 valence electrons. The second kappa shape index (κ2) is 13.0. The molecule has 0 saturated heterocycles. The van der Waals surface area contributed by atoms with E-state index in [-0.39, 0.29) is 0 Å². The van der Waals surface area contributed by atoms with E-state index in [0.717, 1.165) is 39.2 Å². The molecule has 3 aromatic heterocycles. The molecule has 8 aromatic carbocycles. The molecule has 0 amide bonds. The lowest BCUT2D eigenvalue weighted by Gasteiger charge is -2.11. The van der Waals surface area contributed by atoms with Gasteiger partial charge in [0.25, 0.3) is 0 Å². The Morgan fingerprint density at radius 3 is 1.46 bits per heavy atom. The molecule has 0 aliphatic rings. The Bertz CT molecular complexity index is 3140. The van der Waals surface area contributed by atoms with Crippen LogP contribution in [0.1, 0.15) is 0 Å². The first-order chi connectivity index (χ1) is 27.7. The summed E-state index contributed by atoms with van der Waals surface area (Å²) in [5.41, 5.74) is 11.0. The summed E-state index contributed by atoms with van der Waals surface area (Å²) < 4.78 is 4.67. The van der Waals surface area contributed by atoms with Crippen molar-refractivity contribution in [2.45, 2.75) is 0 Å². The molecular weight excluding hydrogens is 683 g/mol. The molecule has 3 heterocycles. The maximum atomic E-state index is 4.91. The molecule has 0 atom stereocenters. The predicted molar refractivity (Wildman–Crippen MR) is 230 cm³/mol. The summed E-state index contributed by atoms with van der Waals surface area (Å²) in [6, 6.07) is 68.3. The number of para-hydroxylation sites is 2. The van der Waals surface area contributed by atoms with E-state index in [1.165, 1.54) is 43.5 Å². The highest BCUT2D eigenvalue weighted by atomic mass is 15.0. The number of nitrogens with zero attached hydrogens (tertiary/aromatic N) is 5. The summed E-state index contributed by atoms with van der Waals surface area (Å²) in [4.78, 5) is 14.7. The van der Waals surface area contributed by atoms with Gasteiger partial charge in [0.05, 0.1) is 16.6 Å². The van der Waals surface area contributed by atoms with Crippen molar-refractivity contribution in [3.05, 3.63) is 200 Å². The van der Waals surface area contributed by atoms with Gasteiger partial charge < -0.3 is 9.13 Å².